The van der Waals surface area contributed by atoms with Gasteiger partial charge in [-0.3, -0.25) is 4.79 Å². The van der Waals surface area contributed by atoms with Gasteiger partial charge in [-0.15, -0.1) is 0 Å². The van der Waals surface area contributed by atoms with Crippen molar-refractivity contribution in [3.63, 3.8) is 0 Å². The van der Waals surface area contributed by atoms with E-state index in [1.54, 1.807) is 0 Å². The minimum Gasteiger partial charge on any atom is -0.463 e. The number of carbonyl (C=O) groups is 1. The Morgan fingerprint density at radius 3 is 2.67 bits per heavy atom. The molecule has 0 fully saturated rings. The van der Waals surface area contributed by atoms with Gasteiger partial charge in [0.2, 0.25) is 0 Å². The summed E-state index contributed by atoms with van der Waals surface area (Å²) < 4.78 is 4.70. The number of aliphatic hydroxyl groups is 1. The van der Waals surface area contributed by atoms with E-state index in [0.717, 1.165) is 6.42 Å². The molecule has 0 saturated carbocycles. The van der Waals surface area contributed by atoms with E-state index < -0.39 is 6.10 Å². The van der Waals surface area contributed by atoms with Gasteiger partial charge in [0.25, 0.3) is 0 Å². The van der Waals surface area contributed by atoms with Crippen LogP contribution in [-0.2, 0) is 16.0 Å². The van der Waals surface area contributed by atoms with Crippen molar-refractivity contribution in [2.45, 2.75) is 25.9 Å². The van der Waals surface area contributed by atoms with Crippen LogP contribution < -0.4 is 0 Å². The van der Waals surface area contributed by atoms with Crippen LogP contribution in [0.5, 0.6) is 0 Å². The van der Waals surface area contributed by atoms with E-state index >= 15 is 0 Å². The van der Waals surface area contributed by atoms with Crippen LogP contribution in [0.4, 0.5) is 0 Å². The molecule has 1 rings (SSSR count). The first-order valence-corrected chi connectivity index (χ1v) is 5.04. The summed E-state index contributed by atoms with van der Waals surface area (Å²) in [7, 11) is 0. The third-order valence-corrected chi connectivity index (χ3v) is 2.09. The summed E-state index contributed by atoms with van der Waals surface area (Å²) in [6.45, 7) is 1.42. The Hall–Kier alpha value is -1.35. The Balaban J connectivity index is 2.22. The summed E-state index contributed by atoms with van der Waals surface area (Å²) in [5, 5.41) is 9.48. The van der Waals surface area contributed by atoms with Gasteiger partial charge < -0.3 is 9.84 Å². The van der Waals surface area contributed by atoms with E-state index in [9.17, 15) is 9.90 Å². The maximum Gasteiger partial charge on any atom is 0.302 e. The smallest absolute Gasteiger partial charge is 0.302 e. The molecule has 15 heavy (non-hydrogen) atoms. The number of ether oxygens (including phenoxy) is 1. The Morgan fingerprint density at radius 1 is 1.40 bits per heavy atom. The molecule has 0 spiro atoms. The highest BCUT2D eigenvalue weighted by atomic mass is 16.5. The topological polar surface area (TPSA) is 46.5 Å². The van der Waals surface area contributed by atoms with Crippen LogP contribution in [0, 0.1) is 0 Å². The van der Waals surface area contributed by atoms with Crippen LogP contribution in [0.1, 0.15) is 18.9 Å². The number of benzene rings is 1. The number of esters is 1. The van der Waals surface area contributed by atoms with Gasteiger partial charge in [0, 0.05) is 6.92 Å². The molecule has 0 aliphatic heterocycles. The van der Waals surface area contributed by atoms with Gasteiger partial charge in [0.05, 0.1) is 6.10 Å². The molecule has 0 aliphatic rings. The first-order chi connectivity index (χ1) is 7.18. The van der Waals surface area contributed by atoms with Crippen LogP contribution in [0.15, 0.2) is 30.3 Å². The van der Waals surface area contributed by atoms with Crippen molar-refractivity contribution >= 4 is 5.97 Å². The van der Waals surface area contributed by atoms with Crippen molar-refractivity contribution in [1.82, 2.24) is 0 Å². The Kier molecular flexibility index (Phi) is 4.84. The predicted octanol–water partition coefficient (Wildman–Crippen LogP) is 1.54. The molecule has 3 heteroatoms. The molecule has 0 aromatic heterocycles. The fraction of sp³-hybridized carbons (Fsp3) is 0.417. The largest absolute Gasteiger partial charge is 0.463 e. The summed E-state index contributed by atoms with van der Waals surface area (Å²) in [5.74, 6) is -0.353. The summed E-state index contributed by atoms with van der Waals surface area (Å²) in [6.07, 6.45) is 0.828. The van der Waals surface area contributed by atoms with Crippen molar-refractivity contribution in [3.05, 3.63) is 35.9 Å². The van der Waals surface area contributed by atoms with E-state index in [0.29, 0.717) is 6.42 Å². The maximum absolute atomic E-state index is 10.5. The molecule has 0 heterocycles. The van der Waals surface area contributed by atoms with Crippen LogP contribution >= 0.6 is 0 Å². The van der Waals surface area contributed by atoms with Crippen molar-refractivity contribution < 1.29 is 14.6 Å². The number of aliphatic hydroxyl groups excluding tert-OH is 1. The molecule has 0 aliphatic carbocycles. The minimum absolute atomic E-state index is 0.0855. The molecule has 1 aromatic carbocycles. The van der Waals surface area contributed by atoms with Crippen LogP contribution in [0.3, 0.4) is 0 Å². The number of hydrogen-bond donors (Lipinski definition) is 1. The zero-order valence-corrected chi connectivity index (χ0v) is 8.85. The zero-order chi connectivity index (χ0) is 11.1. The zero-order valence-electron chi connectivity index (χ0n) is 8.85. The molecule has 0 amide bonds. The lowest BCUT2D eigenvalue weighted by molar-refractivity contribution is -0.144. The second-order valence-electron chi connectivity index (χ2n) is 3.48. The van der Waals surface area contributed by atoms with Gasteiger partial charge >= 0.3 is 5.97 Å². The summed E-state index contributed by atoms with van der Waals surface area (Å²) in [4.78, 5) is 10.5. The average molecular weight is 208 g/mol. The van der Waals surface area contributed by atoms with E-state index in [4.69, 9.17) is 4.74 Å². The van der Waals surface area contributed by atoms with Crippen molar-refractivity contribution in [2.75, 3.05) is 6.61 Å². The highest BCUT2D eigenvalue weighted by molar-refractivity contribution is 5.65. The molecule has 1 aromatic rings. The average Bonchev–Trinajstić information content (AvgIpc) is 2.25. The number of rotatable bonds is 5. The van der Waals surface area contributed by atoms with E-state index in [1.165, 1.54) is 12.5 Å². The second-order valence-corrected chi connectivity index (χ2v) is 3.48. The highest BCUT2D eigenvalue weighted by Crippen LogP contribution is 2.05. The van der Waals surface area contributed by atoms with Crippen LogP contribution in [-0.4, -0.2) is 23.8 Å². The molecule has 0 bridgehead atoms. The number of carbonyl (C=O) groups excluding carboxylic acids is 1. The Bertz CT molecular complexity index is 295. The molecule has 0 radical (unpaired) electrons. The Morgan fingerprint density at radius 2 is 2.07 bits per heavy atom. The van der Waals surface area contributed by atoms with Gasteiger partial charge in [-0.25, -0.2) is 0 Å². The molecular formula is C12H16O3. The van der Waals surface area contributed by atoms with Gasteiger partial charge in [-0.05, 0) is 18.4 Å². The van der Waals surface area contributed by atoms with E-state index in [2.05, 4.69) is 0 Å². The first kappa shape index (κ1) is 11.7. The molecular weight excluding hydrogens is 192 g/mol. The quantitative estimate of drug-likeness (QED) is 0.747. The molecule has 3 nitrogen and oxygen atoms in total. The fourth-order valence-corrected chi connectivity index (χ4v) is 1.27. The lowest BCUT2D eigenvalue weighted by Gasteiger charge is -2.09. The standard InChI is InChI=1S/C12H16O3/c1-10(13)15-9-12(14)8-7-11-5-3-2-4-6-11/h2-6,12,14H,7-9H2,1H3/t12-/m1/s1. The maximum atomic E-state index is 10.5. The SMILES string of the molecule is CC(=O)OC[C@H](O)CCc1ccccc1. The lowest BCUT2D eigenvalue weighted by atomic mass is 10.1. The van der Waals surface area contributed by atoms with Crippen LogP contribution in [0.2, 0.25) is 0 Å². The summed E-state index contributed by atoms with van der Waals surface area (Å²) in [5.41, 5.74) is 1.18. The third-order valence-electron chi connectivity index (χ3n) is 2.09. The monoisotopic (exact) mass is 208 g/mol. The normalized spacial score (nSPS) is 12.1. The van der Waals surface area contributed by atoms with Crippen LogP contribution in [0.25, 0.3) is 0 Å². The van der Waals surface area contributed by atoms with Gasteiger partial charge in [-0.1, -0.05) is 30.3 Å². The molecule has 0 unspecified atom stereocenters. The number of hydrogen-bond acceptors (Lipinski definition) is 3. The third kappa shape index (κ3) is 5.18. The summed E-state index contributed by atoms with van der Waals surface area (Å²) in [6, 6.07) is 9.91. The minimum atomic E-state index is -0.575. The van der Waals surface area contributed by atoms with E-state index in [-0.39, 0.29) is 12.6 Å². The predicted molar refractivity (Wildman–Crippen MR) is 57.4 cm³/mol. The highest BCUT2D eigenvalue weighted by Gasteiger charge is 2.06. The fourth-order valence-electron chi connectivity index (χ4n) is 1.27. The van der Waals surface area contributed by atoms with Crippen molar-refractivity contribution in [3.8, 4) is 0 Å². The van der Waals surface area contributed by atoms with E-state index in [1.807, 2.05) is 30.3 Å². The molecule has 0 saturated heterocycles. The molecule has 82 valence electrons. The lowest BCUT2D eigenvalue weighted by Crippen LogP contribution is -2.17. The summed E-state index contributed by atoms with van der Waals surface area (Å²) >= 11 is 0. The first-order valence-electron chi connectivity index (χ1n) is 5.04. The molecule has 1 N–H and O–H groups in total. The molecule has 1 atom stereocenters. The van der Waals surface area contributed by atoms with Gasteiger partial charge in [0.15, 0.2) is 0 Å². The second kappa shape index (κ2) is 6.19. The number of aryl methyl sites for hydroxylation is 1. The Labute approximate surface area is 89.7 Å². The van der Waals surface area contributed by atoms with Gasteiger partial charge in [-0.2, -0.15) is 0 Å². The van der Waals surface area contributed by atoms with Crippen molar-refractivity contribution in [1.29, 1.82) is 0 Å². The van der Waals surface area contributed by atoms with Crippen molar-refractivity contribution in [2.24, 2.45) is 0 Å². The van der Waals surface area contributed by atoms with Gasteiger partial charge in [0.1, 0.15) is 6.61 Å².